The van der Waals surface area contributed by atoms with Crippen molar-refractivity contribution in [1.29, 1.82) is 5.26 Å². The third-order valence-electron chi connectivity index (χ3n) is 2.76. The van der Waals surface area contributed by atoms with Crippen LogP contribution < -0.4 is 0 Å². The first-order valence-electron chi connectivity index (χ1n) is 6.00. The van der Waals surface area contributed by atoms with E-state index in [9.17, 15) is 13.2 Å². The average molecular weight is 283 g/mol. The van der Waals surface area contributed by atoms with Crippen LogP contribution in [-0.4, -0.2) is 19.6 Å². The highest BCUT2D eigenvalue weighted by Crippen LogP contribution is 2.32. The van der Waals surface area contributed by atoms with E-state index in [1.165, 1.54) is 6.20 Å². The van der Waals surface area contributed by atoms with Crippen LogP contribution in [0.2, 0.25) is 0 Å². The molecule has 0 spiro atoms. The Morgan fingerprint density at radius 3 is 2.70 bits per heavy atom. The van der Waals surface area contributed by atoms with E-state index in [-0.39, 0.29) is 18.7 Å². The summed E-state index contributed by atoms with van der Waals surface area (Å²) in [5.41, 5.74) is -0.130. The summed E-state index contributed by atoms with van der Waals surface area (Å²) in [4.78, 5) is 0. The fourth-order valence-corrected chi connectivity index (χ4v) is 1.78. The highest BCUT2D eigenvalue weighted by atomic mass is 19.4. The van der Waals surface area contributed by atoms with Crippen LogP contribution in [0.1, 0.15) is 19.0 Å². The van der Waals surface area contributed by atoms with Crippen molar-refractivity contribution < 1.29 is 13.2 Å². The number of rotatable bonds is 4. The Morgan fingerprint density at radius 2 is 2.15 bits per heavy atom. The Hall–Kier alpha value is -2.30. The van der Waals surface area contributed by atoms with Gasteiger partial charge >= 0.3 is 6.18 Å². The predicted octanol–water partition coefficient (Wildman–Crippen LogP) is 2.70. The molecular weight excluding hydrogens is 271 g/mol. The van der Waals surface area contributed by atoms with Gasteiger partial charge in [0.2, 0.25) is 0 Å². The van der Waals surface area contributed by atoms with E-state index in [1.54, 1.807) is 10.9 Å². The first-order chi connectivity index (χ1) is 9.45. The molecule has 2 heterocycles. The number of aryl methyl sites for hydroxylation is 2. The Balaban J connectivity index is 2.40. The van der Waals surface area contributed by atoms with Crippen molar-refractivity contribution in [2.75, 3.05) is 0 Å². The number of alkyl halides is 3. The summed E-state index contributed by atoms with van der Waals surface area (Å²) in [6.07, 6.45) is -1.42. The zero-order valence-electron chi connectivity index (χ0n) is 10.7. The van der Waals surface area contributed by atoms with Gasteiger partial charge in [0.05, 0.1) is 30.9 Å². The first-order valence-corrected chi connectivity index (χ1v) is 6.00. The van der Waals surface area contributed by atoms with E-state index < -0.39 is 11.9 Å². The van der Waals surface area contributed by atoms with Crippen LogP contribution >= 0.6 is 0 Å². The molecule has 0 saturated heterocycles. The zero-order valence-corrected chi connectivity index (χ0v) is 10.7. The minimum atomic E-state index is -4.50. The van der Waals surface area contributed by atoms with Crippen molar-refractivity contribution in [3.8, 4) is 17.3 Å². The summed E-state index contributed by atoms with van der Waals surface area (Å²) in [6, 6.07) is 2.79. The molecular formula is C12H12F3N5. The van der Waals surface area contributed by atoms with Gasteiger partial charge in [0.25, 0.3) is 0 Å². The Morgan fingerprint density at radius 1 is 1.40 bits per heavy atom. The summed E-state index contributed by atoms with van der Waals surface area (Å²) in [7, 11) is 0. The van der Waals surface area contributed by atoms with Gasteiger partial charge in [-0.25, -0.2) is 0 Å². The molecule has 0 aliphatic rings. The number of nitriles is 1. The van der Waals surface area contributed by atoms with Crippen molar-refractivity contribution >= 4 is 0 Å². The molecule has 0 unspecified atom stereocenters. The lowest BCUT2D eigenvalue weighted by Crippen LogP contribution is -2.14. The Labute approximate surface area is 113 Å². The van der Waals surface area contributed by atoms with E-state index in [2.05, 4.69) is 10.2 Å². The van der Waals surface area contributed by atoms with Crippen LogP contribution in [0.5, 0.6) is 0 Å². The summed E-state index contributed by atoms with van der Waals surface area (Å²) < 4.78 is 41.2. The highest BCUT2D eigenvalue weighted by Gasteiger charge is 2.35. The molecule has 106 valence electrons. The molecule has 2 aromatic heterocycles. The van der Waals surface area contributed by atoms with Crippen LogP contribution in [0.3, 0.4) is 0 Å². The van der Waals surface area contributed by atoms with Gasteiger partial charge in [-0.3, -0.25) is 9.36 Å². The molecule has 0 saturated carbocycles. The van der Waals surface area contributed by atoms with Crippen LogP contribution in [0.4, 0.5) is 13.2 Å². The van der Waals surface area contributed by atoms with Crippen molar-refractivity contribution in [1.82, 2.24) is 19.6 Å². The van der Waals surface area contributed by atoms with E-state index in [4.69, 9.17) is 5.26 Å². The predicted molar refractivity (Wildman–Crippen MR) is 64.4 cm³/mol. The summed E-state index contributed by atoms with van der Waals surface area (Å²) >= 11 is 0. The second-order valence-corrected chi connectivity index (χ2v) is 4.13. The number of halogens is 3. The summed E-state index contributed by atoms with van der Waals surface area (Å²) in [6.45, 7) is 2.41. The van der Waals surface area contributed by atoms with Gasteiger partial charge in [-0.1, -0.05) is 0 Å². The molecule has 0 atom stereocenters. The maximum atomic E-state index is 12.9. The molecule has 2 rings (SSSR count). The molecule has 0 radical (unpaired) electrons. The van der Waals surface area contributed by atoms with Crippen molar-refractivity contribution in [2.24, 2.45) is 0 Å². The summed E-state index contributed by atoms with van der Waals surface area (Å²) in [5.74, 6) is 0. The molecule has 2 aromatic rings. The standard InChI is InChI=1S/C12H12F3N5/c1-2-19-8-9(7-17-19)10-6-11(12(13,14)15)20(18-10)5-3-4-16/h6-8H,2-3,5H2,1H3. The number of hydrogen-bond acceptors (Lipinski definition) is 3. The molecule has 5 nitrogen and oxygen atoms in total. The van der Waals surface area contributed by atoms with E-state index in [0.29, 0.717) is 12.1 Å². The average Bonchev–Trinajstić information content (AvgIpc) is 3.01. The fourth-order valence-electron chi connectivity index (χ4n) is 1.78. The van der Waals surface area contributed by atoms with Gasteiger partial charge in [0, 0.05) is 18.3 Å². The molecule has 0 fully saturated rings. The largest absolute Gasteiger partial charge is 0.433 e. The maximum absolute atomic E-state index is 12.9. The van der Waals surface area contributed by atoms with Crippen LogP contribution in [-0.2, 0) is 19.3 Å². The van der Waals surface area contributed by atoms with Crippen LogP contribution in [0.25, 0.3) is 11.3 Å². The van der Waals surface area contributed by atoms with E-state index in [0.717, 1.165) is 10.7 Å². The molecule has 20 heavy (non-hydrogen) atoms. The van der Waals surface area contributed by atoms with Gasteiger partial charge < -0.3 is 0 Å². The number of hydrogen-bond donors (Lipinski definition) is 0. The maximum Gasteiger partial charge on any atom is 0.433 e. The van der Waals surface area contributed by atoms with Crippen LogP contribution in [0.15, 0.2) is 18.5 Å². The van der Waals surface area contributed by atoms with Gasteiger partial charge in [0.1, 0.15) is 5.69 Å². The zero-order chi connectivity index (χ0) is 14.8. The third kappa shape index (κ3) is 2.82. The minimum absolute atomic E-state index is 0.0293. The van der Waals surface area contributed by atoms with Gasteiger partial charge in [-0.05, 0) is 13.0 Å². The third-order valence-corrected chi connectivity index (χ3v) is 2.76. The van der Waals surface area contributed by atoms with E-state index in [1.807, 2.05) is 13.0 Å². The van der Waals surface area contributed by atoms with Crippen molar-refractivity contribution in [2.45, 2.75) is 32.6 Å². The molecule has 0 amide bonds. The van der Waals surface area contributed by atoms with Gasteiger partial charge in [-0.15, -0.1) is 0 Å². The van der Waals surface area contributed by atoms with Gasteiger partial charge in [0.15, 0.2) is 0 Å². The monoisotopic (exact) mass is 283 g/mol. The van der Waals surface area contributed by atoms with E-state index >= 15 is 0 Å². The fraction of sp³-hybridized carbons (Fsp3) is 0.417. The minimum Gasteiger partial charge on any atom is -0.272 e. The molecule has 0 aliphatic carbocycles. The lowest BCUT2D eigenvalue weighted by molar-refractivity contribution is -0.144. The molecule has 0 bridgehead atoms. The number of nitrogens with zero attached hydrogens (tertiary/aromatic N) is 5. The first kappa shape index (κ1) is 14.1. The van der Waals surface area contributed by atoms with Crippen molar-refractivity contribution in [3.63, 3.8) is 0 Å². The van der Waals surface area contributed by atoms with Gasteiger partial charge in [-0.2, -0.15) is 28.6 Å². The lowest BCUT2D eigenvalue weighted by atomic mass is 10.2. The highest BCUT2D eigenvalue weighted by molar-refractivity contribution is 5.57. The second-order valence-electron chi connectivity index (χ2n) is 4.13. The van der Waals surface area contributed by atoms with Crippen LogP contribution in [0, 0.1) is 11.3 Å². The Kier molecular flexibility index (Phi) is 3.79. The normalized spacial score (nSPS) is 11.6. The molecule has 0 aromatic carbocycles. The molecule has 0 aliphatic heterocycles. The Bertz CT molecular complexity index is 632. The lowest BCUT2D eigenvalue weighted by Gasteiger charge is -2.07. The molecule has 8 heteroatoms. The van der Waals surface area contributed by atoms with Crippen molar-refractivity contribution in [3.05, 3.63) is 24.2 Å². The second kappa shape index (κ2) is 5.36. The quantitative estimate of drug-likeness (QED) is 0.866. The smallest absolute Gasteiger partial charge is 0.272 e. The molecule has 0 N–H and O–H groups in total. The number of aromatic nitrogens is 4. The topological polar surface area (TPSA) is 59.4 Å². The summed E-state index contributed by atoms with van der Waals surface area (Å²) in [5, 5.41) is 16.4. The SMILES string of the molecule is CCn1cc(-c2cc(C(F)(F)F)n(CCC#N)n2)cn1.